The number of nitriles is 1. The van der Waals surface area contributed by atoms with Gasteiger partial charge >= 0.3 is 0 Å². The fourth-order valence-electron chi connectivity index (χ4n) is 2.49. The molecule has 0 bridgehead atoms. The van der Waals surface area contributed by atoms with E-state index in [-0.39, 0.29) is 33.6 Å². The van der Waals surface area contributed by atoms with Crippen molar-refractivity contribution in [1.82, 2.24) is 14.4 Å². The number of rotatable bonds is 8. The van der Waals surface area contributed by atoms with Crippen LogP contribution in [0.5, 0.6) is 0 Å². The van der Waals surface area contributed by atoms with Crippen molar-refractivity contribution in [2.75, 3.05) is 19.9 Å². The molecule has 1 unspecified atom stereocenters. The summed E-state index contributed by atoms with van der Waals surface area (Å²) >= 11 is 11.9. The Labute approximate surface area is 178 Å². The zero-order valence-electron chi connectivity index (χ0n) is 15.6. The predicted octanol–water partition coefficient (Wildman–Crippen LogP) is 2.01. The van der Waals surface area contributed by atoms with E-state index in [9.17, 15) is 13.2 Å². The summed E-state index contributed by atoms with van der Waals surface area (Å²) in [5, 5.41) is 9.96. The van der Waals surface area contributed by atoms with Gasteiger partial charge in [-0.2, -0.15) is 9.98 Å². The number of sulfonamides is 1. The molecule has 3 N–H and O–H groups in total. The molecule has 0 radical (unpaired) electrons. The van der Waals surface area contributed by atoms with E-state index in [1.165, 1.54) is 14.2 Å². The van der Waals surface area contributed by atoms with Crippen LogP contribution >= 0.6 is 23.2 Å². The van der Waals surface area contributed by atoms with Crippen molar-refractivity contribution in [3.8, 4) is 6.07 Å². The summed E-state index contributed by atoms with van der Waals surface area (Å²) in [5.74, 6) is -0.616. The lowest BCUT2D eigenvalue weighted by Gasteiger charge is -2.23. The van der Waals surface area contributed by atoms with E-state index in [0.717, 1.165) is 17.2 Å². The first-order valence-electron chi connectivity index (χ1n) is 8.24. The van der Waals surface area contributed by atoms with Gasteiger partial charge in [-0.3, -0.25) is 9.63 Å². The second-order valence-corrected chi connectivity index (χ2v) is 8.51. The lowest BCUT2D eigenvalue weighted by Crippen LogP contribution is -2.47. The third kappa shape index (κ3) is 5.41. The maximum atomic E-state index is 12.8. The van der Waals surface area contributed by atoms with Gasteiger partial charge in [-0.15, -0.1) is 0 Å². The summed E-state index contributed by atoms with van der Waals surface area (Å²) in [6.45, 7) is 0.218. The summed E-state index contributed by atoms with van der Waals surface area (Å²) in [6, 6.07) is 6.43. The van der Waals surface area contributed by atoms with Crippen molar-refractivity contribution in [1.29, 1.82) is 5.26 Å². The van der Waals surface area contributed by atoms with E-state index in [1.807, 2.05) is 6.07 Å². The molecule has 1 heterocycles. The number of likely N-dealkylation sites (N-methyl/N-ethyl adjacent to an activating group) is 1. The van der Waals surface area contributed by atoms with Crippen LogP contribution in [-0.2, 0) is 26.2 Å². The van der Waals surface area contributed by atoms with Crippen LogP contribution in [0.25, 0.3) is 0 Å². The summed E-state index contributed by atoms with van der Waals surface area (Å²) in [5.41, 5.74) is 6.08. The lowest BCUT2D eigenvalue weighted by molar-refractivity contribution is -0.170. The fourth-order valence-corrected chi connectivity index (χ4v) is 4.38. The maximum Gasteiger partial charge on any atom is 0.264 e. The monoisotopic (exact) mass is 459 g/mol. The van der Waals surface area contributed by atoms with Crippen molar-refractivity contribution in [2.24, 2.45) is 0 Å². The largest absolute Gasteiger partial charge is 0.396 e. The Bertz CT molecular complexity index is 1030. The van der Waals surface area contributed by atoms with Crippen LogP contribution < -0.4 is 10.5 Å². The summed E-state index contributed by atoms with van der Waals surface area (Å²) < 4.78 is 29.6. The van der Waals surface area contributed by atoms with Gasteiger partial charge in [0, 0.05) is 19.8 Å². The molecule has 0 saturated heterocycles. The molecule has 0 fully saturated rings. The van der Waals surface area contributed by atoms with Gasteiger partial charge < -0.3 is 10.3 Å². The molecule has 156 valence electrons. The van der Waals surface area contributed by atoms with Crippen molar-refractivity contribution < 1.29 is 18.0 Å². The van der Waals surface area contributed by atoms with Gasteiger partial charge in [0.2, 0.25) is 10.0 Å². The molecule has 9 nitrogen and oxygen atoms in total. The number of aromatic nitrogens is 1. The normalized spacial score (nSPS) is 12.4. The Hall–Kier alpha value is -2.29. The minimum Gasteiger partial charge on any atom is -0.396 e. The van der Waals surface area contributed by atoms with E-state index < -0.39 is 22.0 Å². The highest BCUT2D eigenvalue weighted by atomic mass is 35.5. The van der Waals surface area contributed by atoms with Crippen LogP contribution in [-0.4, -0.2) is 44.2 Å². The van der Waals surface area contributed by atoms with Gasteiger partial charge in [0.1, 0.15) is 17.8 Å². The number of hydroxylamine groups is 2. The molecule has 2 aromatic rings. The number of nitrogen functional groups attached to an aromatic ring is 1. The summed E-state index contributed by atoms with van der Waals surface area (Å²) in [7, 11) is -1.53. The van der Waals surface area contributed by atoms with E-state index in [0.29, 0.717) is 5.69 Å². The Morgan fingerprint density at radius 1 is 1.41 bits per heavy atom. The number of nitrogens with two attached hydrogens (primary N) is 1. The number of hydrogen-bond donors (Lipinski definition) is 2. The minimum atomic E-state index is -4.17. The fraction of sp³-hybridized carbons (Fsp3) is 0.294. The standard InChI is InChI=1S/C17H19Cl2N5O4S/c1-23(28-2)17(25)15(5-7-24-6-3-4-11(24)10-20)22-29(26,27)12-8-13(18)16(21)14(19)9-12/h3-4,6,8-9,15,22H,5,7,21H2,1-2H3. The van der Waals surface area contributed by atoms with Crippen LogP contribution in [0.15, 0.2) is 35.4 Å². The second-order valence-electron chi connectivity index (χ2n) is 5.98. The molecular weight excluding hydrogens is 441 g/mol. The number of hydrogen-bond acceptors (Lipinski definition) is 6. The number of carbonyl (C=O) groups excluding carboxylic acids is 1. The number of halogens is 2. The molecule has 29 heavy (non-hydrogen) atoms. The van der Waals surface area contributed by atoms with E-state index in [2.05, 4.69) is 4.72 Å². The van der Waals surface area contributed by atoms with Gasteiger partial charge in [0.05, 0.1) is 27.7 Å². The highest BCUT2D eigenvalue weighted by Gasteiger charge is 2.29. The number of anilines is 1. The molecule has 0 aliphatic carbocycles. The predicted molar refractivity (Wildman–Crippen MR) is 109 cm³/mol. The van der Waals surface area contributed by atoms with Crippen molar-refractivity contribution in [3.63, 3.8) is 0 Å². The van der Waals surface area contributed by atoms with Gasteiger partial charge in [-0.1, -0.05) is 23.2 Å². The number of amides is 1. The van der Waals surface area contributed by atoms with Crippen LogP contribution in [0.3, 0.4) is 0 Å². The average molecular weight is 460 g/mol. The molecule has 0 saturated carbocycles. The van der Waals surface area contributed by atoms with Gasteiger partial charge in [-0.05, 0) is 30.7 Å². The Kier molecular flexibility index (Phi) is 7.51. The third-order valence-electron chi connectivity index (χ3n) is 4.15. The van der Waals surface area contributed by atoms with E-state index in [4.69, 9.17) is 39.0 Å². The zero-order valence-corrected chi connectivity index (χ0v) is 17.9. The quantitative estimate of drug-likeness (QED) is 0.458. The lowest BCUT2D eigenvalue weighted by atomic mass is 10.2. The molecule has 1 amide bonds. The summed E-state index contributed by atoms with van der Waals surface area (Å²) in [6.07, 6.45) is 1.72. The molecule has 2 rings (SSSR count). The Morgan fingerprint density at radius 3 is 2.59 bits per heavy atom. The topological polar surface area (TPSA) is 130 Å². The highest BCUT2D eigenvalue weighted by molar-refractivity contribution is 7.89. The van der Waals surface area contributed by atoms with Crippen LogP contribution in [0, 0.1) is 11.3 Å². The van der Waals surface area contributed by atoms with Crippen molar-refractivity contribution >= 4 is 44.8 Å². The van der Waals surface area contributed by atoms with Gasteiger partial charge in [-0.25, -0.2) is 13.5 Å². The highest BCUT2D eigenvalue weighted by Crippen LogP contribution is 2.30. The summed E-state index contributed by atoms with van der Waals surface area (Å²) in [4.78, 5) is 17.3. The zero-order chi connectivity index (χ0) is 21.8. The molecule has 0 aliphatic heterocycles. The molecular formula is C17H19Cl2N5O4S. The molecule has 1 aromatic carbocycles. The van der Waals surface area contributed by atoms with Gasteiger partial charge in [0.15, 0.2) is 0 Å². The van der Waals surface area contributed by atoms with Crippen LogP contribution in [0.4, 0.5) is 5.69 Å². The third-order valence-corrected chi connectivity index (χ3v) is 6.22. The second kappa shape index (κ2) is 9.47. The molecule has 1 aromatic heterocycles. The van der Waals surface area contributed by atoms with Crippen LogP contribution in [0.1, 0.15) is 12.1 Å². The first kappa shape index (κ1) is 23.0. The molecule has 1 atom stereocenters. The number of aryl methyl sites for hydroxylation is 1. The number of carbonyl (C=O) groups is 1. The van der Waals surface area contributed by atoms with E-state index in [1.54, 1.807) is 22.9 Å². The minimum absolute atomic E-state index is 0.0271. The number of nitrogens with one attached hydrogen (secondary N) is 1. The SMILES string of the molecule is CON(C)C(=O)C(CCn1cccc1C#N)NS(=O)(=O)c1cc(Cl)c(N)c(Cl)c1. The molecule has 0 spiro atoms. The molecule has 0 aliphatic rings. The van der Waals surface area contributed by atoms with Gasteiger partial charge in [0.25, 0.3) is 5.91 Å². The Morgan fingerprint density at radius 2 is 2.03 bits per heavy atom. The Balaban J connectivity index is 2.31. The first-order valence-corrected chi connectivity index (χ1v) is 10.5. The van der Waals surface area contributed by atoms with Crippen molar-refractivity contribution in [2.45, 2.75) is 23.9 Å². The molecule has 12 heteroatoms. The van der Waals surface area contributed by atoms with Crippen molar-refractivity contribution in [3.05, 3.63) is 46.2 Å². The number of benzene rings is 1. The van der Waals surface area contributed by atoms with Crippen LogP contribution in [0.2, 0.25) is 10.0 Å². The smallest absolute Gasteiger partial charge is 0.264 e. The van der Waals surface area contributed by atoms with E-state index >= 15 is 0 Å². The average Bonchev–Trinajstić information content (AvgIpc) is 3.15. The maximum absolute atomic E-state index is 12.8. The number of nitrogens with zero attached hydrogens (tertiary/aromatic N) is 3. The first-order chi connectivity index (χ1) is 13.6.